The van der Waals surface area contributed by atoms with Crippen molar-refractivity contribution in [3.05, 3.63) is 59.4 Å². The summed E-state index contributed by atoms with van der Waals surface area (Å²) in [5.41, 5.74) is 1.64. The number of piperazine rings is 1. The summed E-state index contributed by atoms with van der Waals surface area (Å²) in [6.07, 6.45) is 4.29. The van der Waals surface area contributed by atoms with Crippen LogP contribution in [0, 0.1) is 18.7 Å². The van der Waals surface area contributed by atoms with Crippen molar-refractivity contribution in [1.29, 1.82) is 0 Å². The van der Waals surface area contributed by atoms with Gasteiger partial charge in [0.1, 0.15) is 11.6 Å². The Kier molecular flexibility index (Phi) is 7.28. The maximum atomic E-state index is 14.0. The summed E-state index contributed by atoms with van der Waals surface area (Å²) < 4.78 is 19.2. The number of carbonyl (C=O) groups is 2. The van der Waals surface area contributed by atoms with Gasteiger partial charge in [-0.1, -0.05) is 25.0 Å². The highest BCUT2D eigenvalue weighted by atomic mass is 19.1. The highest BCUT2D eigenvalue weighted by Crippen LogP contribution is 2.32. The molecule has 1 aliphatic carbocycles. The molecule has 1 N–H and O–H groups in total. The molecule has 33 heavy (non-hydrogen) atoms. The van der Waals surface area contributed by atoms with Gasteiger partial charge in [0.05, 0.1) is 13.2 Å². The second-order valence-corrected chi connectivity index (χ2v) is 9.00. The lowest BCUT2D eigenvalue weighted by Crippen LogP contribution is -2.56. The summed E-state index contributed by atoms with van der Waals surface area (Å²) >= 11 is 0. The van der Waals surface area contributed by atoms with Gasteiger partial charge in [-0.15, -0.1) is 0 Å². The van der Waals surface area contributed by atoms with E-state index in [4.69, 9.17) is 4.74 Å². The van der Waals surface area contributed by atoms with E-state index in [0.717, 1.165) is 25.7 Å². The standard InChI is InChI=1S/C26H32FN3O3/c1-18-10-11-21(17-23(18)27)28-25(31)24(19-6-3-4-7-19)29-12-14-30(15-13-29)26(32)20-8-5-9-22(16-20)33-2/h5,8-11,16-17,19,24H,3-4,6-7,12-15H2,1-2H3,(H,28,31). The van der Waals surface area contributed by atoms with Gasteiger partial charge in [-0.2, -0.15) is 0 Å². The normalized spacial score (nSPS) is 18.2. The summed E-state index contributed by atoms with van der Waals surface area (Å²) in [6.45, 7) is 4.09. The second-order valence-electron chi connectivity index (χ2n) is 9.00. The first-order valence-corrected chi connectivity index (χ1v) is 11.7. The number of benzene rings is 2. The number of rotatable bonds is 6. The Morgan fingerprint density at radius 3 is 2.45 bits per heavy atom. The lowest BCUT2D eigenvalue weighted by Gasteiger charge is -2.40. The smallest absolute Gasteiger partial charge is 0.254 e. The summed E-state index contributed by atoms with van der Waals surface area (Å²) in [5.74, 6) is 0.504. The fraction of sp³-hybridized carbons (Fsp3) is 0.462. The lowest BCUT2D eigenvalue weighted by atomic mass is 9.94. The molecule has 2 aromatic carbocycles. The van der Waals surface area contributed by atoms with Crippen molar-refractivity contribution in [2.24, 2.45) is 5.92 Å². The molecule has 2 aliphatic rings. The molecule has 0 aromatic heterocycles. The maximum Gasteiger partial charge on any atom is 0.254 e. The largest absolute Gasteiger partial charge is 0.497 e. The minimum absolute atomic E-state index is 0.0226. The van der Waals surface area contributed by atoms with E-state index in [2.05, 4.69) is 10.2 Å². The third kappa shape index (κ3) is 5.36. The van der Waals surface area contributed by atoms with E-state index >= 15 is 0 Å². The minimum Gasteiger partial charge on any atom is -0.497 e. The number of halogens is 1. The zero-order chi connectivity index (χ0) is 23.4. The van der Waals surface area contributed by atoms with Crippen LogP contribution in [0.2, 0.25) is 0 Å². The fourth-order valence-electron chi connectivity index (χ4n) is 4.98. The number of hydrogen-bond acceptors (Lipinski definition) is 4. The van der Waals surface area contributed by atoms with Gasteiger partial charge in [0, 0.05) is 37.4 Å². The molecule has 4 rings (SSSR count). The van der Waals surface area contributed by atoms with Crippen LogP contribution in [-0.4, -0.2) is 60.9 Å². The summed E-state index contributed by atoms with van der Waals surface area (Å²) in [6, 6.07) is 11.7. The van der Waals surface area contributed by atoms with E-state index < -0.39 is 0 Å². The number of anilines is 1. The monoisotopic (exact) mass is 453 g/mol. The average Bonchev–Trinajstić information content (AvgIpc) is 3.36. The van der Waals surface area contributed by atoms with Crippen LogP contribution in [0.15, 0.2) is 42.5 Å². The van der Waals surface area contributed by atoms with E-state index in [0.29, 0.717) is 48.7 Å². The number of amides is 2. The number of nitrogens with one attached hydrogen (secondary N) is 1. The van der Waals surface area contributed by atoms with E-state index in [9.17, 15) is 14.0 Å². The highest BCUT2D eigenvalue weighted by molar-refractivity contribution is 5.96. The first-order chi connectivity index (χ1) is 16.0. The molecule has 2 aromatic rings. The Morgan fingerprint density at radius 1 is 1.06 bits per heavy atom. The lowest BCUT2D eigenvalue weighted by molar-refractivity contribution is -0.123. The predicted molar refractivity (Wildman–Crippen MR) is 126 cm³/mol. The Morgan fingerprint density at radius 2 is 1.79 bits per heavy atom. The first kappa shape index (κ1) is 23.2. The van der Waals surface area contributed by atoms with Crippen molar-refractivity contribution >= 4 is 17.5 Å². The van der Waals surface area contributed by atoms with Crippen LogP contribution in [0.5, 0.6) is 5.75 Å². The van der Waals surface area contributed by atoms with Crippen LogP contribution >= 0.6 is 0 Å². The number of nitrogens with zero attached hydrogens (tertiary/aromatic N) is 2. The highest BCUT2D eigenvalue weighted by Gasteiger charge is 2.37. The summed E-state index contributed by atoms with van der Waals surface area (Å²) in [4.78, 5) is 30.3. The number of methoxy groups -OCH3 is 1. The quantitative estimate of drug-likeness (QED) is 0.716. The van der Waals surface area contributed by atoms with Gasteiger partial charge in [-0.05, 0) is 61.6 Å². The molecule has 0 spiro atoms. The maximum absolute atomic E-state index is 14.0. The van der Waals surface area contributed by atoms with Gasteiger partial charge in [-0.25, -0.2) is 4.39 Å². The molecule has 0 bridgehead atoms. The van der Waals surface area contributed by atoms with Crippen LogP contribution < -0.4 is 10.1 Å². The van der Waals surface area contributed by atoms with Gasteiger partial charge in [-0.3, -0.25) is 14.5 Å². The molecule has 0 radical (unpaired) electrons. The first-order valence-electron chi connectivity index (χ1n) is 11.7. The van der Waals surface area contributed by atoms with Crippen LogP contribution in [-0.2, 0) is 4.79 Å². The number of hydrogen-bond donors (Lipinski definition) is 1. The van der Waals surface area contributed by atoms with Crippen molar-refractivity contribution in [2.45, 2.75) is 38.6 Å². The zero-order valence-electron chi connectivity index (χ0n) is 19.4. The van der Waals surface area contributed by atoms with E-state index in [-0.39, 0.29) is 29.6 Å². The molecule has 7 heteroatoms. The summed E-state index contributed by atoms with van der Waals surface area (Å²) in [5, 5.41) is 2.94. The molecule has 6 nitrogen and oxygen atoms in total. The van der Waals surface area contributed by atoms with Gasteiger partial charge in [0.2, 0.25) is 5.91 Å². The molecular weight excluding hydrogens is 421 g/mol. The van der Waals surface area contributed by atoms with Crippen molar-refractivity contribution in [1.82, 2.24) is 9.80 Å². The number of ether oxygens (including phenoxy) is 1. The Labute approximate surface area is 194 Å². The fourth-order valence-corrected chi connectivity index (χ4v) is 4.98. The van der Waals surface area contributed by atoms with E-state index in [1.807, 2.05) is 17.0 Å². The van der Waals surface area contributed by atoms with E-state index in [1.54, 1.807) is 38.3 Å². The molecule has 1 aliphatic heterocycles. The zero-order valence-corrected chi connectivity index (χ0v) is 19.4. The number of aryl methyl sites for hydroxylation is 1. The van der Waals surface area contributed by atoms with E-state index in [1.165, 1.54) is 6.07 Å². The molecular formula is C26H32FN3O3. The molecule has 1 saturated carbocycles. The predicted octanol–water partition coefficient (Wildman–Crippen LogP) is 4.10. The molecule has 176 valence electrons. The SMILES string of the molecule is COc1cccc(C(=O)N2CCN(C(C(=O)Nc3ccc(C)c(F)c3)C3CCCC3)CC2)c1. The second kappa shape index (κ2) is 10.3. The van der Waals surface area contributed by atoms with Crippen molar-refractivity contribution < 1.29 is 18.7 Å². The average molecular weight is 454 g/mol. The summed E-state index contributed by atoms with van der Waals surface area (Å²) in [7, 11) is 1.58. The van der Waals surface area contributed by atoms with Gasteiger partial charge in [0.25, 0.3) is 5.91 Å². The Hall–Kier alpha value is -2.93. The van der Waals surface area contributed by atoms with Crippen molar-refractivity contribution in [3.8, 4) is 5.75 Å². The molecule has 1 atom stereocenters. The van der Waals surface area contributed by atoms with Crippen LogP contribution in [0.4, 0.5) is 10.1 Å². The topological polar surface area (TPSA) is 61.9 Å². The van der Waals surface area contributed by atoms with Crippen molar-refractivity contribution in [3.63, 3.8) is 0 Å². The van der Waals surface area contributed by atoms with Crippen molar-refractivity contribution in [2.75, 3.05) is 38.6 Å². The molecule has 1 heterocycles. The van der Waals surface area contributed by atoms with Gasteiger partial charge >= 0.3 is 0 Å². The molecule has 2 fully saturated rings. The third-order valence-electron chi connectivity index (χ3n) is 6.87. The van der Waals surface area contributed by atoms with Crippen LogP contribution in [0.1, 0.15) is 41.6 Å². The minimum atomic E-state index is -0.324. The van der Waals surface area contributed by atoms with Gasteiger partial charge < -0.3 is 15.0 Å². The molecule has 2 amide bonds. The van der Waals surface area contributed by atoms with Crippen LogP contribution in [0.25, 0.3) is 0 Å². The van der Waals surface area contributed by atoms with Gasteiger partial charge in [0.15, 0.2) is 0 Å². The Balaban J connectivity index is 1.43. The Bertz CT molecular complexity index is 998. The molecule has 1 saturated heterocycles. The molecule has 1 unspecified atom stereocenters. The van der Waals surface area contributed by atoms with Crippen LogP contribution in [0.3, 0.4) is 0 Å². The third-order valence-corrected chi connectivity index (χ3v) is 6.87. The number of carbonyl (C=O) groups excluding carboxylic acids is 2.